The number of likely N-dealkylation sites (tertiary alicyclic amines) is 1. The molecule has 0 amide bonds. The Kier molecular flexibility index (Phi) is 4.17. The van der Waals surface area contributed by atoms with E-state index in [4.69, 9.17) is 28.2 Å². The Hall–Kier alpha value is -0.770. The topological polar surface area (TPSA) is 21.1 Å². The summed E-state index contributed by atoms with van der Waals surface area (Å²) in [6, 6.07) is 6.99. The smallest absolute Gasteiger partial charge is 0.128 e. The molecule has 0 saturated carbocycles. The first-order valence-electron chi connectivity index (χ1n) is 7.49. The predicted molar refractivity (Wildman–Crippen MR) is 89.4 cm³/mol. The van der Waals surface area contributed by atoms with E-state index in [2.05, 4.69) is 29.5 Å². The quantitative estimate of drug-likeness (QED) is 0.749. The van der Waals surface area contributed by atoms with Gasteiger partial charge in [-0.05, 0) is 45.9 Å². The van der Waals surface area contributed by atoms with Gasteiger partial charge >= 0.3 is 0 Å². The Bertz CT molecular complexity index is 650. The van der Waals surface area contributed by atoms with Crippen LogP contribution in [0.1, 0.15) is 43.9 Å². The number of hydrogen-bond donors (Lipinski definition) is 0. The highest BCUT2D eigenvalue weighted by atomic mass is 35.5. The number of alkyl halides is 1. The molecule has 1 fully saturated rings. The van der Waals surface area contributed by atoms with Crippen molar-refractivity contribution in [1.82, 2.24) is 14.5 Å². The Labute approximate surface area is 135 Å². The number of aromatic nitrogens is 2. The second kappa shape index (κ2) is 5.79. The summed E-state index contributed by atoms with van der Waals surface area (Å²) in [5, 5.41) is 0.578. The number of piperidine rings is 1. The number of rotatable bonds is 2. The summed E-state index contributed by atoms with van der Waals surface area (Å²) in [7, 11) is 2.19. The molecule has 21 heavy (non-hydrogen) atoms. The molecule has 3 atom stereocenters. The average molecular weight is 326 g/mol. The molecular weight excluding hydrogens is 305 g/mol. The van der Waals surface area contributed by atoms with E-state index < -0.39 is 0 Å². The standard InChI is InChI=1S/C16H21Cl2N3/c1-10-9-12(7-8-20(10)3)21-14-6-4-5-13(18)15(14)19-16(21)11(2)17/h4-6,10-12H,7-9H2,1-3H3. The summed E-state index contributed by atoms with van der Waals surface area (Å²) >= 11 is 12.7. The van der Waals surface area contributed by atoms with Crippen LogP contribution in [-0.4, -0.2) is 34.1 Å². The van der Waals surface area contributed by atoms with Crippen LogP contribution in [0.15, 0.2) is 18.2 Å². The molecule has 0 radical (unpaired) electrons. The molecule has 2 aromatic rings. The zero-order valence-electron chi connectivity index (χ0n) is 12.7. The second-order valence-corrected chi connectivity index (χ2v) is 7.13. The summed E-state index contributed by atoms with van der Waals surface area (Å²) in [5.41, 5.74) is 1.97. The van der Waals surface area contributed by atoms with Crippen molar-refractivity contribution in [2.24, 2.45) is 0 Å². The summed E-state index contributed by atoms with van der Waals surface area (Å²) < 4.78 is 2.32. The Morgan fingerprint density at radius 3 is 2.81 bits per heavy atom. The monoisotopic (exact) mass is 325 g/mol. The van der Waals surface area contributed by atoms with Crippen molar-refractivity contribution < 1.29 is 0 Å². The van der Waals surface area contributed by atoms with Crippen LogP contribution in [0.5, 0.6) is 0 Å². The number of imidazole rings is 1. The van der Waals surface area contributed by atoms with E-state index in [1.807, 2.05) is 19.1 Å². The van der Waals surface area contributed by atoms with Gasteiger partial charge in [-0.15, -0.1) is 11.6 Å². The highest BCUT2D eigenvalue weighted by molar-refractivity contribution is 6.35. The van der Waals surface area contributed by atoms with Gasteiger partial charge in [0.2, 0.25) is 0 Å². The minimum Gasteiger partial charge on any atom is -0.323 e. The van der Waals surface area contributed by atoms with Crippen LogP contribution >= 0.6 is 23.2 Å². The highest BCUT2D eigenvalue weighted by Gasteiger charge is 2.28. The second-order valence-electron chi connectivity index (χ2n) is 6.07. The number of halogens is 2. The lowest BCUT2D eigenvalue weighted by Gasteiger charge is -2.36. The van der Waals surface area contributed by atoms with Crippen LogP contribution in [-0.2, 0) is 0 Å². The van der Waals surface area contributed by atoms with Crippen molar-refractivity contribution in [3.05, 3.63) is 29.0 Å². The van der Waals surface area contributed by atoms with Gasteiger partial charge in [0.15, 0.2) is 0 Å². The van der Waals surface area contributed by atoms with Gasteiger partial charge in [-0.25, -0.2) is 4.98 Å². The van der Waals surface area contributed by atoms with Gasteiger partial charge in [-0.3, -0.25) is 0 Å². The molecule has 3 rings (SSSR count). The van der Waals surface area contributed by atoms with Gasteiger partial charge in [0.25, 0.3) is 0 Å². The molecule has 1 aromatic carbocycles. The average Bonchev–Trinajstić information content (AvgIpc) is 2.83. The highest BCUT2D eigenvalue weighted by Crippen LogP contribution is 2.36. The molecule has 5 heteroatoms. The molecule has 1 aromatic heterocycles. The molecule has 2 heterocycles. The predicted octanol–water partition coefficient (Wildman–Crippen LogP) is 4.64. The fraction of sp³-hybridized carbons (Fsp3) is 0.562. The Balaban J connectivity index is 2.12. The third-order valence-electron chi connectivity index (χ3n) is 4.60. The van der Waals surface area contributed by atoms with Gasteiger partial charge in [0.05, 0.1) is 15.9 Å². The first-order chi connectivity index (χ1) is 9.99. The van der Waals surface area contributed by atoms with Crippen molar-refractivity contribution in [3.63, 3.8) is 0 Å². The first kappa shape index (κ1) is 15.1. The molecule has 1 saturated heterocycles. The minimum atomic E-state index is -0.122. The first-order valence-corrected chi connectivity index (χ1v) is 8.31. The van der Waals surface area contributed by atoms with Gasteiger partial charge in [0.1, 0.15) is 11.3 Å². The summed E-state index contributed by atoms with van der Waals surface area (Å²) in [5.74, 6) is 0.932. The lowest BCUT2D eigenvalue weighted by atomic mass is 9.98. The Morgan fingerprint density at radius 2 is 2.14 bits per heavy atom. The molecule has 1 aliphatic rings. The van der Waals surface area contributed by atoms with Crippen molar-refractivity contribution in [2.75, 3.05) is 13.6 Å². The van der Waals surface area contributed by atoms with Crippen LogP contribution in [0.25, 0.3) is 11.0 Å². The zero-order chi connectivity index (χ0) is 15.1. The molecule has 0 spiro atoms. The minimum absolute atomic E-state index is 0.122. The van der Waals surface area contributed by atoms with Gasteiger partial charge in [0, 0.05) is 18.6 Å². The van der Waals surface area contributed by atoms with Crippen LogP contribution < -0.4 is 0 Å². The van der Waals surface area contributed by atoms with Gasteiger partial charge in [-0.2, -0.15) is 0 Å². The van der Waals surface area contributed by atoms with Crippen LogP contribution in [0, 0.1) is 0 Å². The summed E-state index contributed by atoms with van der Waals surface area (Å²) in [6.07, 6.45) is 2.24. The molecule has 1 aliphatic heterocycles. The SMILES string of the molecule is CC(Cl)c1nc2c(Cl)cccc2n1C1CCN(C)C(C)C1. The maximum absolute atomic E-state index is 6.38. The Morgan fingerprint density at radius 1 is 1.38 bits per heavy atom. The van der Waals surface area contributed by atoms with E-state index >= 15 is 0 Å². The van der Waals surface area contributed by atoms with Crippen molar-refractivity contribution >= 4 is 34.2 Å². The molecule has 0 bridgehead atoms. The number of benzene rings is 1. The number of para-hydroxylation sites is 1. The van der Waals surface area contributed by atoms with Crippen LogP contribution in [0.2, 0.25) is 5.02 Å². The number of nitrogens with zero attached hydrogens (tertiary/aromatic N) is 3. The summed E-state index contributed by atoms with van der Waals surface area (Å²) in [4.78, 5) is 7.13. The normalized spacial score (nSPS) is 25.4. The van der Waals surface area contributed by atoms with Gasteiger partial charge < -0.3 is 9.47 Å². The van der Waals surface area contributed by atoms with E-state index in [1.54, 1.807) is 0 Å². The lowest BCUT2D eigenvalue weighted by Crippen LogP contribution is -2.38. The molecular formula is C16H21Cl2N3. The third-order valence-corrected chi connectivity index (χ3v) is 5.10. The molecule has 3 unspecified atom stereocenters. The lowest BCUT2D eigenvalue weighted by molar-refractivity contribution is 0.157. The van der Waals surface area contributed by atoms with E-state index in [0.29, 0.717) is 17.1 Å². The molecule has 0 aliphatic carbocycles. The van der Waals surface area contributed by atoms with E-state index in [1.165, 1.54) is 0 Å². The van der Waals surface area contributed by atoms with E-state index in [0.717, 1.165) is 36.2 Å². The van der Waals surface area contributed by atoms with Crippen LogP contribution in [0.4, 0.5) is 0 Å². The van der Waals surface area contributed by atoms with Crippen molar-refractivity contribution in [3.8, 4) is 0 Å². The van der Waals surface area contributed by atoms with E-state index in [9.17, 15) is 0 Å². The number of hydrogen-bond acceptors (Lipinski definition) is 2. The van der Waals surface area contributed by atoms with Crippen LogP contribution in [0.3, 0.4) is 0 Å². The molecule has 0 N–H and O–H groups in total. The van der Waals surface area contributed by atoms with Gasteiger partial charge in [-0.1, -0.05) is 17.7 Å². The maximum Gasteiger partial charge on any atom is 0.128 e. The molecule has 114 valence electrons. The zero-order valence-corrected chi connectivity index (χ0v) is 14.2. The van der Waals surface area contributed by atoms with Crippen molar-refractivity contribution in [2.45, 2.75) is 44.1 Å². The molecule has 3 nitrogen and oxygen atoms in total. The largest absolute Gasteiger partial charge is 0.323 e. The maximum atomic E-state index is 6.38. The number of fused-ring (bicyclic) bond motifs is 1. The van der Waals surface area contributed by atoms with E-state index in [-0.39, 0.29) is 5.38 Å². The fourth-order valence-electron chi connectivity index (χ4n) is 3.26. The fourth-order valence-corrected chi connectivity index (χ4v) is 3.63. The van der Waals surface area contributed by atoms with Crippen molar-refractivity contribution in [1.29, 1.82) is 0 Å². The third kappa shape index (κ3) is 2.67. The summed E-state index contributed by atoms with van der Waals surface area (Å²) in [6.45, 7) is 5.36.